The first-order valence-corrected chi connectivity index (χ1v) is 19.3. The van der Waals surface area contributed by atoms with E-state index >= 15 is 0 Å². The Morgan fingerprint density at radius 3 is 2.00 bits per heavy atom. The summed E-state index contributed by atoms with van der Waals surface area (Å²) in [6.45, 7) is 19.5. The summed E-state index contributed by atoms with van der Waals surface area (Å²) in [7, 11) is 1.40. The molecule has 280 valence electrons. The van der Waals surface area contributed by atoms with Gasteiger partial charge in [0.1, 0.15) is 5.49 Å². The Kier molecular flexibility index (Phi) is 11.1. The Bertz CT molecular complexity index is 2450. The molecule has 1 saturated heterocycles. The zero-order valence-corrected chi connectivity index (χ0v) is 33.4. The summed E-state index contributed by atoms with van der Waals surface area (Å²) in [6, 6.07) is 39.7. The number of hydrogen-bond donors (Lipinski definition) is 0. The van der Waals surface area contributed by atoms with Crippen molar-refractivity contribution in [2.75, 3.05) is 0 Å². The molecule has 0 bridgehead atoms. The molecule has 0 saturated carbocycles. The van der Waals surface area contributed by atoms with Crippen LogP contribution < -0.4 is 11.0 Å². The zero-order chi connectivity index (χ0) is 39.5. The largest absolute Gasteiger partial charge is 0.494 e. The van der Waals surface area contributed by atoms with E-state index in [2.05, 4.69) is 157 Å². The first-order chi connectivity index (χ1) is 26.9. The average molecular weight is 736 g/mol. The highest BCUT2D eigenvalue weighted by molar-refractivity contribution is 6.62. The summed E-state index contributed by atoms with van der Waals surface area (Å²) < 4.78 is 15.3. The van der Waals surface area contributed by atoms with Gasteiger partial charge in [0.15, 0.2) is 0 Å². The predicted molar refractivity (Wildman–Crippen MR) is 236 cm³/mol. The number of allylic oxidation sites excluding steroid dienone is 6. The quantitative estimate of drug-likeness (QED) is 0.0815. The molecule has 1 fully saturated rings. The van der Waals surface area contributed by atoms with Gasteiger partial charge in [0, 0.05) is 30.1 Å². The third-order valence-electron chi connectivity index (χ3n) is 11.0. The second kappa shape index (κ2) is 16.1. The summed E-state index contributed by atoms with van der Waals surface area (Å²) >= 11 is 0. The molecule has 7 rings (SSSR count). The van der Waals surface area contributed by atoms with E-state index in [0.717, 1.165) is 79.7 Å². The van der Waals surface area contributed by atoms with Crippen LogP contribution in [0.5, 0.6) is 0 Å². The minimum atomic E-state index is -0.608. The lowest BCUT2D eigenvalue weighted by molar-refractivity contribution is 0.00578. The van der Waals surface area contributed by atoms with Crippen LogP contribution >= 0.6 is 0 Å². The second-order valence-corrected chi connectivity index (χ2v) is 15.5. The highest BCUT2D eigenvalue weighted by Crippen LogP contribution is 2.37. The van der Waals surface area contributed by atoms with Crippen molar-refractivity contribution in [3.63, 3.8) is 0 Å². The van der Waals surface area contributed by atoms with Crippen LogP contribution in [0.2, 0.25) is 0 Å². The van der Waals surface area contributed by atoms with E-state index in [1.54, 1.807) is 0 Å². The topological polar surface area (TPSA) is 48.1 Å². The Labute approximate surface area is 332 Å². The fourth-order valence-corrected chi connectivity index (χ4v) is 6.92. The average Bonchev–Trinajstić information content (AvgIpc) is 3.44. The highest BCUT2D eigenvalue weighted by Gasteiger charge is 2.51. The fourth-order valence-electron chi connectivity index (χ4n) is 6.92. The predicted octanol–water partition coefficient (Wildman–Crippen LogP) is 11.0. The number of pyridine rings is 1. The van der Waals surface area contributed by atoms with Crippen LogP contribution in [0.1, 0.15) is 64.2 Å². The molecule has 0 atom stereocenters. The molecule has 5 nitrogen and oxygen atoms in total. The first kappa shape index (κ1) is 38.5. The molecule has 56 heavy (non-hydrogen) atoms. The van der Waals surface area contributed by atoms with Gasteiger partial charge in [-0.15, -0.1) is 0 Å². The van der Waals surface area contributed by atoms with Crippen LogP contribution in [0.25, 0.3) is 39.2 Å². The van der Waals surface area contributed by atoms with Crippen molar-refractivity contribution in [2.45, 2.75) is 58.7 Å². The van der Waals surface area contributed by atoms with Gasteiger partial charge in [-0.05, 0) is 116 Å². The van der Waals surface area contributed by atoms with Crippen LogP contribution in [0.3, 0.4) is 0 Å². The minimum absolute atomic E-state index is 0.523. The van der Waals surface area contributed by atoms with E-state index in [0.29, 0.717) is 5.70 Å². The molecular weight excluding hydrogens is 685 g/mol. The summed E-state index contributed by atoms with van der Waals surface area (Å²) in [6.07, 6.45) is 12.7. The monoisotopic (exact) mass is 735 g/mol. The van der Waals surface area contributed by atoms with Crippen molar-refractivity contribution in [3.05, 3.63) is 187 Å². The number of aromatic nitrogens is 1. The summed E-state index contributed by atoms with van der Waals surface area (Å²) in [5.41, 5.74) is 12.0. The van der Waals surface area contributed by atoms with E-state index in [9.17, 15) is 0 Å². The molecule has 0 amide bonds. The third-order valence-corrected chi connectivity index (χ3v) is 11.0. The van der Waals surface area contributed by atoms with Crippen molar-refractivity contribution < 1.29 is 9.31 Å². The fraction of sp³-hybridized carbons (Fsp3) is 0.200. The number of aliphatic imine (C=N–C) groups is 1. The molecule has 1 aliphatic heterocycles. The zero-order valence-electron chi connectivity index (χ0n) is 33.4. The van der Waals surface area contributed by atoms with Gasteiger partial charge in [0.05, 0.1) is 22.6 Å². The minimum Gasteiger partial charge on any atom is -0.399 e. The van der Waals surface area contributed by atoms with Crippen LogP contribution in [-0.2, 0) is 16.4 Å². The van der Waals surface area contributed by atoms with E-state index in [4.69, 9.17) is 19.3 Å². The maximum absolute atomic E-state index is 6.63. The second-order valence-electron chi connectivity index (χ2n) is 15.5. The van der Waals surface area contributed by atoms with Gasteiger partial charge in [-0.3, -0.25) is 4.99 Å². The third kappa shape index (κ3) is 8.37. The Morgan fingerprint density at radius 2 is 1.36 bits per heavy atom. The van der Waals surface area contributed by atoms with E-state index < -0.39 is 18.3 Å². The standard InChI is InChI=1S/C50H50BN3O2/c1-35(38-26-28-41(29-27-38)40-21-14-10-15-22-40)31-47(52-36(2)39-19-12-9-13-20-39)44-32-43(33-45(34-44)51-55-49(4,5)50(6,7)56-51)37(3)53-48-46(25-18-30-54(48)8)42-23-16-11-17-24-42/h10-12,14-34H,1,3,9,13H2,2,4-8H3/b47-31-,52-36?,53-48?. The molecule has 5 aromatic rings. The number of aryl methyl sites for hydroxylation is 1. The van der Waals surface area contributed by atoms with Crippen molar-refractivity contribution in [1.82, 2.24) is 4.57 Å². The smallest absolute Gasteiger partial charge is 0.399 e. The molecular formula is C50H50BN3O2. The Hall–Kier alpha value is -5.82. The molecule has 1 aliphatic carbocycles. The van der Waals surface area contributed by atoms with Crippen LogP contribution in [-0.4, -0.2) is 28.6 Å². The van der Waals surface area contributed by atoms with Gasteiger partial charge in [0.25, 0.3) is 0 Å². The SMILES string of the molecule is C=C(/C=C(\N=C(C)C1=CCCC=C1)c1cc(B2OC(C)(C)C(C)(C)O2)cc(C(=C)N=c2c(-c3ccccc3)cccn2C)c1)c1ccc(-c2ccccc2)cc1. The highest BCUT2D eigenvalue weighted by atomic mass is 16.7. The van der Waals surface area contributed by atoms with Gasteiger partial charge in [-0.1, -0.05) is 128 Å². The summed E-state index contributed by atoms with van der Waals surface area (Å²) in [4.78, 5) is 10.5. The molecule has 0 spiro atoms. The van der Waals surface area contributed by atoms with Crippen molar-refractivity contribution in [2.24, 2.45) is 17.0 Å². The van der Waals surface area contributed by atoms with E-state index in [1.165, 1.54) is 5.56 Å². The molecule has 6 heteroatoms. The van der Waals surface area contributed by atoms with Crippen molar-refractivity contribution in [3.8, 4) is 22.3 Å². The summed E-state index contributed by atoms with van der Waals surface area (Å²) in [5, 5.41) is 0. The molecule has 0 N–H and O–H groups in total. The maximum atomic E-state index is 6.63. The van der Waals surface area contributed by atoms with Gasteiger partial charge < -0.3 is 13.9 Å². The normalized spacial score (nSPS) is 16.9. The lowest BCUT2D eigenvalue weighted by Gasteiger charge is -2.32. The lowest BCUT2D eigenvalue weighted by Crippen LogP contribution is -2.41. The Balaban J connectivity index is 1.37. The van der Waals surface area contributed by atoms with E-state index in [1.807, 2.05) is 48.1 Å². The Morgan fingerprint density at radius 1 is 0.732 bits per heavy atom. The first-order valence-electron chi connectivity index (χ1n) is 19.3. The number of hydrogen-bond acceptors (Lipinski definition) is 4. The maximum Gasteiger partial charge on any atom is 0.494 e. The summed E-state index contributed by atoms with van der Waals surface area (Å²) in [5.74, 6) is 0. The van der Waals surface area contributed by atoms with Crippen LogP contribution in [0.15, 0.2) is 174 Å². The van der Waals surface area contributed by atoms with Gasteiger partial charge in [-0.25, -0.2) is 4.99 Å². The number of benzene rings is 4. The molecule has 2 heterocycles. The van der Waals surface area contributed by atoms with Gasteiger partial charge in [-0.2, -0.15) is 0 Å². The lowest BCUT2D eigenvalue weighted by atomic mass is 9.77. The van der Waals surface area contributed by atoms with Crippen LogP contribution in [0.4, 0.5) is 0 Å². The van der Waals surface area contributed by atoms with Gasteiger partial charge in [0.2, 0.25) is 0 Å². The number of nitrogens with zero attached hydrogens (tertiary/aromatic N) is 3. The van der Waals surface area contributed by atoms with Crippen molar-refractivity contribution in [1.29, 1.82) is 0 Å². The van der Waals surface area contributed by atoms with Crippen molar-refractivity contribution >= 4 is 35.3 Å². The van der Waals surface area contributed by atoms with Gasteiger partial charge >= 0.3 is 7.12 Å². The van der Waals surface area contributed by atoms with E-state index in [-0.39, 0.29) is 0 Å². The molecule has 0 unspecified atom stereocenters. The molecule has 2 aliphatic rings. The molecule has 0 radical (unpaired) electrons. The van der Waals surface area contributed by atoms with Crippen LogP contribution in [0, 0.1) is 0 Å². The number of rotatable bonds is 10. The molecule has 1 aromatic heterocycles. The molecule has 4 aromatic carbocycles.